The minimum Gasteiger partial charge on any atom is -0.444 e. The van der Waals surface area contributed by atoms with Crippen molar-refractivity contribution in [1.29, 1.82) is 0 Å². The van der Waals surface area contributed by atoms with E-state index in [4.69, 9.17) is 15.6 Å². The van der Waals surface area contributed by atoms with E-state index >= 15 is 0 Å². The lowest BCUT2D eigenvalue weighted by atomic mass is 9.97. The van der Waals surface area contributed by atoms with Crippen molar-refractivity contribution in [2.24, 2.45) is 5.73 Å². The maximum atomic E-state index is 12.0. The number of likely N-dealkylation sites (tertiary alicyclic amines) is 1. The summed E-state index contributed by atoms with van der Waals surface area (Å²) in [5.41, 5.74) is 5.34. The number of carbonyl (C=O) groups excluding carboxylic acids is 1. The van der Waals surface area contributed by atoms with E-state index in [1.165, 1.54) is 0 Å². The summed E-state index contributed by atoms with van der Waals surface area (Å²) in [6.45, 7) is 6.08. The SMILES string of the molecule is CC(C)(C)OC(=O)N1CCCCC1C(N)CO. The first-order chi connectivity index (χ1) is 7.85. The van der Waals surface area contributed by atoms with Gasteiger partial charge in [0.2, 0.25) is 0 Å². The molecule has 2 atom stereocenters. The summed E-state index contributed by atoms with van der Waals surface area (Å²) in [5.74, 6) is 0. The molecule has 0 bridgehead atoms. The zero-order chi connectivity index (χ0) is 13.1. The van der Waals surface area contributed by atoms with Crippen molar-refractivity contribution in [2.45, 2.75) is 57.7 Å². The number of rotatable bonds is 2. The second-order valence-corrected chi connectivity index (χ2v) is 5.58. The minimum absolute atomic E-state index is 0.107. The first-order valence-corrected chi connectivity index (χ1v) is 6.21. The Kier molecular flexibility index (Phi) is 4.77. The van der Waals surface area contributed by atoms with Crippen LogP contribution in [0.5, 0.6) is 0 Å². The van der Waals surface area contributed by atoms with E-state index < -0.39 is 5.60 Å². The molecule has 1 amide bonds. The van der Waals surface area contributed by atoms with Crippen LogP contribution in [-0.2, 0) is 4.74 Å². The highest BCUT2D eigenvalue weighted by atomic mass is 16.6. The number of piperidine rings is 1. The highest BCUT2D eigenvalue weighted by molar-refractivity contribution is 5.68. The Morgan fingerprint density at radius 3 is 2.71 bits per heavy atom. The van der Waals surface area contributed by atoms with Crippen LogP contribution in [0.4, 0.5) is 4.79 Å². The second kappa shape index (κ2) is 5.69. The molecule has 0 aromatic heterocycles. The molecular formula is C12H24N2O3. The zero-order valence-electron chi connectivity index (χ0n) is 11.0. The highest BCUT2D eigenvalue weighted by Gasteiger charge is 2.33. The Bertz CT molecular complexity index is 263. The zero-order valence-corrected chi connectivity index (χ0v) is 11.0. The van der Waals surface area contributed by atoms with Gasteiger partial charge in [-0.2, -0.15) is 0 Å². The van der Waals surface area contributed by atoms with Crippen molar-refractivity contribution in [3.05, 3.63) is 0 Å². The molecule has 1 fully saturated rings. The van der Waals surface area contributed by atoms with E-state index in [0.717, 1.165) is 19.3 Å². The van der Waals surface area contributed by atoms with Gasteiger partial charge in [-0.15, -0.1) is 0 Å². The van der Waals surface area contributed by atoms with Crippen molar-refractivity contribution >= 4 is 6.09 Å². The molecular weight excluding hydrogens is 220 g/mol. The largest absolute Gasteiger partial charge is 0.444 e. The van der Waals surface area contributed by atoms with Crippen LogP contribution >= 0.6 is 0 Å². The minimum atomic E-state index is -0.498. The van der Waals surface area contributed by atoms with Crippen molar-refractivity contribution in [2.75, 3.05) is 13.2 Å². The molecule has 1 aliphatic heterocycles. The van der Waals surface area contributed by atoms with Gasteiger partial charge in [-0.3, -0.25) is 0 Å². The lowest BCUT2D eigenvalue weighted by molar-refractivity contribution is 0.00395. The van der Waals surface area contributed by atoms with Gasteiger partial charge in [0.1, 0.15) is 5.60 Å². The van der Waals surface area contributed by atoms with Gasteiger partial charge in [0.15, 0.2) is 0 Å². The predicted molar refractivity (Wildman–Crippen MR) is 65.6 cm³/mol. The summed E-state index contributed by atoms with van der Waals surface area (Å²) in [6, 6.07) is -0.494. The average Bonchev–Trinajstić information content (AvgIpc) is 2.25. The lowest BCUT2D eigenvalue weighted by Crippen LogP contribution is -2.55. The Morgan fingerprint density at radius 2 is 2.18 bits per heavy atom. The molecule has 1 rings (SSSR count). The number of amides is 1. The van der Waals surface area contributed by atoms with Gasteiger partial charge in [0.05, 0.1) is 12.6 Å². The third-order valence-corrected chi connectivity index (χ3v) is 2.88. The standard InChI is InChI=1S/C12H24N2O3/c1-12(2,3)17-11(16)14-7-5-4-6-10(14)9(13)8-15/h9-10,15H,4-8,13H2,1-3H3. The average molecular weight is 244 g/mol. The van der Waals surface area contributed by atoms with Gasteiger partial charge in [0, 0.05) is 12.6 Å². The highest BCUT2D eigenvalue weighted by Crippen LogP contribution is 2.21. The summed E-state index contributed by atoms with van der Waals surface area (Å²) in [7, 11) is 0. The maximum Gasteiger partial charge on any atom is 0.410 e. The molecule has 100 valence electrons. The fourth-order valence-corrected chi connectivity index (χ4v) is 2.07. The first kappa shape index (κ1) is 14.3. The van der Waals surface area contributed by atoms with Crippen LogP contribution in [0, 0.1) is 0 Å². The van der Waals surface area contributed by atoms with E-state index in [9.17, 15) is 4.79 Å². The van der Waals surface area contributed by atoms with Crippen LogP contribution in [0.15, 0.2) is 0 Å². The molecule has 3 N–H and O–H groups in total. The number of nitrogens with two attached hydrogens (primary N) is 1. The van der Waals surface area contributed by atoms with Crippen LogP contribution in [0.25, 0.3) is 0 Å². The molecule has 5 heteroatoms. The smallest absolute Gasteiger partial charge is 0.410 e. The summed E-state index contributed by atoms with van der Waals surface area (Å²) in [4.78, 5) is 13.7. The van der Waals surface area contributed by atoms with E-state index in [1.807, 2.05) is 20.8 Å². The molecule has 0 spiro atoms. The molecule has 0 aliphatic carbocycles. The van der Waals surface area contributed by atoms with E-state index in [2.05, 4.69) is 0 Å². The van der Waals surface area contributed by atoms with Crippen molar-refractivity contribution in [3.8, 4) is 0 Å². The molecule has 1 aliphatic rings. The number of hydrogen-bond acceptors (Lipinski definition) is 4. The summed E-state index contributed by atoms with van der Waals surface area (Å²) < 4.78 is 5.35. The second-order valence-electron chi connectivity index (χ2n) is 5.58. The third-order valence-electron chi connectivity index (χ3n) is 2.88. The van der Waals surface area contributed by atoms with Crippen molar-refractivity contribution in [3.63, 3.8) is 0 Å². The van der Waals surface area contributed by atoms with Crippen molar-refractivity contribution < 1.29 is 14.6 Å². The van der Waals surface area contributed by atoms with Crippen molar-refractivity contribution in [1.82, 2.24) is 4.90 Å². The topological polar surface area (TPSA) is 75.8 Å². The fourth-order valence-electron chi connectivity index (χ4n) is 2.07. The third kappa shape index (κ3) is 4.16. The number of nitrogens with zero attached hydrogens (tertiary/aromatic N) is 1. The molecule has 17 heavy (non-hydrogen) atoms. The molecule has 0 aromatic rings. The van der Waals surface area contributed by atoms with Gasteiger partial charge in [0.25, 0.3) is 0 Å². The Labute approximate surface area is 103 Å². The molecule has 0 saturated carbocycles. The quantitative estimate of drug-likeness (QED) is 0.762. The Hall–Kier alpha value is -0.810. The van der Waals surface area contributed by atoms with E-state index in [-0.39, 0.29) is 24.8 Å². The monoisotopic (exact) mass is 244 g/mol. The number of carbonyl (C=O) groups is 1. The summed E-state index contributed by atoms with van der Waals surface area (Å²) in [6.07, 6.45) is 2.51. The number of ether oxygens (including phenoxy) is 1. The van der Waals surface area contributed by atoms with E-state index in [0.29, 0.717) is 6.54 Å². The predicted octanol–water partition coefficient (Wildman–Crippen LogP) is 1.10. The van der Waals surface area contributed by atoms with Gasteiger partial charge >= 0.3 is 6.09 Å². The molecule has 2 unspecified atom stereocenters. The summed E-state index contributed by atoms with van der Waals surface area (Å²) in [5, 5.41) is 9.12. The number of hydrogen-bond donors (Lipinski definition) is 2. The van der Waals surface area contributed by atoms with Gasteiger partial charge in [-0.05, 0) is 40.0 Å². The van der Waals surface area contributed by atoms with E-state index in [1.54, 1.807) is 4.90 Å². The maximum absolute atomic E-state index is 12.0. The van der Waals surface area contributed by atoms with Crippen LogP contribution in [0.3, 0.4) is 0 Å². The molecule has 1 heterocycles. The van der Waals surface area contributed by atoms with Crippen LogP contribution in [-0.4, -0.2) is 46.9 Å². The fraction of sp³-hybridized carbons (Fsp3) is 0.917. The van der Waals surface area contributed by atoms with Gasteiger partial charge < -0.3 is 20.5 Å². The number of aliphatic hydroxyl groups excluding tert-OH is 1. The molecule has 0 radical (unpaired) electrons. The summed E-state index contributed by atoms with van der Waals surface area (Å²) >= 11 is 0. The van der Waals surface area contributed by atoms with Gasteiger partial charge in [-0.25, -0.2) is 4.79 Å². The lowest BCUT2D eigenvalue weighted by Gasteiger charge is -2.39. The van der Waals surface area contributed by atoms with Crippen LogP contribution in [0.1, 0.15) is 40.0 Å². The van der Waals surface area contributed by atoms with Crippen LogP contribution in [0.2, 0.25) is 0 Å². The Balaban J connectivity index is 2.67. The van der Waals surface area contributed by atoms with Gasteiger partial charge in [-0.1, -0.05) is 0 Å². The number of aliphatic hydroxyl groups is 1. The first-order valence-electron chi connectivity index (χ1n) is 6.21. The normalized spacial score (nSPS) is 23.4. The molecule has 0 aromatic carbocycles. The molecule has 5 nitrogen and oxygen atoms in total. The Morgan fingerprint density at radius 1 is 1.53 bits per heavy atom. The molecule has 1 saturated heterocycles. The van der Waals surface area contributed by atoms with Crippen LogP contribution < -0.4 is 5.73 Å².